The second-order valence-corrected chi connectivity index (χ2v) is 10.2. The smallest absolute Gasteiger partial charge is 0.269 e. The summed E-state index contributed by atoms with van der Waals surface area (Å²) in [6.45, 7) is 5.17. The monoisotopic (exact) mass is 478 g/mol. The van der Waals surface area contributed by atoms with Crippen molar-refractivity contribution in [2.45, 2.75) is 56.5 Å². The maximum absolute atomic E-state index is 13.0. The van der Waals surface area contributed by atoms with Crippen molar-refractivity contribution in [3.05, 3.63) is 59.2 Å². The van der Waals surface area contributed by atoms with Gasteiger partial charge in [-0.1, -0.05) is 31.2 Å². The van der Waals surface area contributed by atoms with Gasteiger partial charge < -0.3 is 4.74 Å². The number of sulfonamides is 1. The van der Waals surface area contributed by atoms with Gasteiger partial charge in [-0.3, -0.25) is 9.69 Å². The normalized spacial score (nSPS) is 19.8. The predicted molar refractivity (Wildman–Crippen MR) is 127 cm³/mol. The number of halogens is 1. The third-order valence-electron chi connectivity index (χ3n) is 6.50. The number of methoxy groups -OCH3 is 1. The second kappa shape index (κ2) is 9.81. The third kappa shape index (κ3) is 4.26. The van der Waals surface area contributed by atoms with Crippen LogP contribution < -0.4 is 4.74 Å². The first-order valence-electron chi connectivity index (χ1n) is 10.9. The van der Waals surface area contributed by atoms with Crippen molar-refractivity contribution in [2.75, 3.05) is 20.2 Å². The minimum atomic E-state index is -3.79. The Balaban J connectivity index is 0.00000289. The topological polar surface area (TPSA) is 66.9 Å². The van der Waals surface area contributed by atoms with Crippen molar-refractivity contribution < 1.29 is 17.9 Å². The summed E-state index contributed by atoms with van der Waals surface area (Å²) >= 11 is 0. The van der Waals surface area contributed by atoms with E-state index in [2.05, 4.69) is 17.9 Å². The molecule has 0 spiro atoms. The van der Waals surface area contributed by atoms with Crippen molar-refractivity contribution in [3.63, 3.8) is 0 Å². The molecule has 1 amide bonds. The zero-order chi connectivity index (χ0) is 22.2. The molecule has 1 aliphatic carbocycles. The van der Waals surface area contributed by atoms with Crippen LogP contribution in [0.3, 0.4) is 0 Å². The molecule has 0 aromatic heterocycles. The number of benzene rings is 2. The average Bonchev–Trinajstić information content (AvgIpc) is 2.97. The number of ether oxygens (including phenoxy) is 1. The zero-order valence-corrected chi connectivity index (χ0v) is 20.4. The fraction of sp³-hybridized carbons (Fsp3) is 0.458. The fourth-order valence-electron chi connectivity index (χ4n) is 4.99. The lowest BCUT2D eigenvalue weighted by atomic mass is 9.86. The first-order valence-corrected chi connectivity index (χ1v) is 12.4. The van der Waals surface area contributed by atoms with E-state index in [1.807, 2.05) is 19.1 Å². The van der Waals surface area contributed by atoms with Crippen LogP contribution in [0.15, 0.2) is 47.4 Å². The number of amides is 1. The molecule has 6 nitrogen and oxygen atoms in total. The molecule has 2 aliphatic rings. The summed E-state index contributed by atoms with van der Waals surface area (Å²) in [5.74, 6) is 0.494. The van der Waals surface area contributed by atoms with Crippen LogP contribution in [0.1, 0.15) is 48.2 Å². The predicted octanol–water partition coefficient (Wildman–Crippen LogP) is 3.92. The van der Waals surface area contributed by atoms with Crippen LogP contribution in [0.4, 0.5) is 0 Å². The number of rotatable bonds is 7. The van der Waals surface area contributed by atoms with E-state index in [0.717, 1.165) is 42.3 Å². The maximum atomic E-state index is 13.0. The lowest BCUT2D eigenvalue weighted by Crippen LogP contribution is -2.50. The quantitative estimate of drug-likeness (QED) is 0.603. The molecule has 32 heavy (non-hydrogen) atoms. The minimum absolute atomic E-state index is 0. The molecule has 0 saturated carbocycles. The summed E-state index contributed by atoms with van der Waals surface area (Å²) in [6.07, 6.45) is 3.80. The van der Waals surface area contributed by atoms with E-state index in [1.54, 1.807) is 25.3 Å². The first-order chi connectivity index (χ1) is 14.9. The van der Waals surface area contributed by atoms with Gasteiger partial charge in [0.25, 0.3) is 15.9 Å². The van der Waals surface area contributed by atoms with Crippen molar-refractivity contribution in [1.82, 2.24) is 9.21 Å². The minimum Gasteiger partial charge on any atom is -0.496 e. The van der Waals surface area contributed by atoms with Gasteiger partial charge >= 0.3 is 0 Å². The molecule has 1 heterocycles. The van der Waals surface area contributed by atoms with Crippen LogP contribution in [0.2, 0.25) is 0 Å². The molecule has 1 aliphatic heterocycles. The number of hydrogen-bond donors (Lipinski definition) is 0. The number of nitrogens with zero attached hydrogens (tertiary/aromatic N) is 2. The average molecular weight is 479 g/mol. The molecule has 2 atom stereocenters. The van der Waals surface area contributed by atoms with Crippen LogP contribution in [0.25, 0.3) is 0 Å². The Morgan fingerprint density at radius 1 is 1.19 bits per heavy atom. The number of fused-ring (bicyclic) bond motifs is 2. The van der Waals surface area contributed by atoms with Crippen molar-refractivity contribution in [1.29, 1.82) is 0 Å². The molecule has 174 valence electrons. The molecule has 0 bridgehead atoms. The summed E-state index contributed by atoms with van der Waals surface area (Å²) in [5.41, 5.74) is 2.84. The Hall–Kier alpha value is -2.09. The van der Waals surface area contributed by atoms with Gasteiger partial charge in [0.1, 0.15) is 10.6 Å². The molecule has 0 saturated heterocycles. The lowest BCUT2D eigenvalue weighted by molar-refractivity contribution is 0.0784. The maximum Gasteiger partial charge on any atom is 0.269 e. The van der Waals surface area contributed by atoms with Gasteiger partial charge in [0.15, 0.2) is 0 Å². The van der Waals surface area contributed by atoms with Crippen LogP contribution >= 0.6 is 12.4 Å². The van der Waals surface area contributed by atoms with E-state index >= 15 is 0 Å². The number of carbonyl (C=O) groups is 1. The Kier molecular flexibility index (Phi) is 7.53. The number of hydrogen-bond acceptors (Lipinski definition) is 5. The summed E-state index contributed by atoms with van der Waals surface area (Å²) in [6, 6.07) is 12.9. The highest BCUT2D eigenvalue weighted by Gasteiger charge is 2.42. The van der Waals surface area contributed by atoms with Gasteiger partial charge in [-0.2, -0.15) is 0 Å². The highest BCUT2D eigenvalue weighted by molar-refractivity contribution is 7.90. The highest BCUT2D eigenvalue weighted by atomic mass is 35.5. The van der Waals surface area contributed by atoms with E-state index in [4.69, 9.17) is 4.74 Å². The molecular formula is C24H31ClN2O4S. The largest absolute Gasteiger partial charge is 0.496 e. The van der Waals surface area contributed by atoms with Gasteiger partial charge in [0.05, 0.1) is 19.2 Å². The molecule has 0 fully saturated rings. The van der Waals surface area contributed by atoms with E-state index in [-0.39, 0.29) is 41.5 Å². The SMILES string of the molecule is CCCN(C(C)CN1C(=O)c2ccccc2S1(=O)=O)C1CCc2cccc(OC)c2C1.Cl. The van der Waals surface area contributed by atoms with E-state index in [9.17, 15) is 13.2 Å². The van der Waals surface area contributed by atoms with Crippen molar-refractivity contribution >= 4 is 28.3 Å². The van der Waals surface area contributed by atoms with Gasteiger partial charge in [-0.05, 0) is 68.5 Å². The van der Waals surface area contributed by atoms with E-state index in [1.165, 1.54) is 17.2 Å². The Bertz CT molecular complexity index is 1070. The standard InChI is InChI=1S/C24H30N2O4S.ClH/c1-4-14-25(19-13-12-18-8-7-10-22(30-3)21(18)15-19)17(2)16-26-24(27)20-9-5-6-11-23(20)31(26,28)29;/h5-11,17,19H,4,12-16H2,1-3H3;1H. The summed E-state index contributed by atoms with van der Waals surface area (Å²) < 4.78 is 32.7. The summed E-state index contributed by atoms with van der Waals surface area (Å²) in [4.78, 5) is 15.4. The fourth-order valence-corrected chi connectivity index (χ4v) is 6.64. The summed E-state index contributed by atoms with van der Waals surface area (Å²) in [7, 11) is -2.09. The van der Waals surface area contributed by atoms with E-state index < -0.39 is 15.9 Å². The zero-order valence-electron chi connectivity index (χ0n) is 18.8. The number of carbonyl (C=O) groups excluding carboxylic acids is 1. The van der Waals surface area contributed by atoms with Gasteiger partial charge in [-0.25, -0.2) is 12.7 Å². The van der Waals surface area contributed by atoms with Gasteiger partial charge in [0, 0.05) is 12.1 Å². The molecular weight excluding hydrogens is 448 g/mol. The lowest BCUT2D eigenvalue weighted by Gasteiger charge is -2.40. The van der Waals surface area contributed by atoms with Gasteiger partial charge in [-0.15, -0.1) is 12.4 Å². The van der Waals surface area contributed by atoms with Crippen LogP contribution in [0.5, 0.6) is 5.75 Å². The van der Waals surface area contributed by atoms with Gasteiger partial charge in [0.2, 0.25) is 0 Å². The Labute approximate surface area is 197 Å². The van der Waals surface area contributed by atoms with Crippen molar-refractivity contribution in [3.8, 4) is 5.75 Å². The van der Waals surface area contributed by atoms with Crippen LogP contribution in [0, 0.1) is 0 Å². The Morgan fingerprint density at radius 2 is 1.94 bits per heavy atom. The number of aryl methyl sites for hydroxylation is 1. The molecule has 0 radical (unpaired) electrons. The van der Waals surface area contributed by atoms with Crippen molar-refractivity contribution in [2.24, 2.45) is 0 Å². The molecule has 4 rings (SSSR count). The molecule has 2 aromatic carbocycles. The van der Waals surface area contributed by atoms with Crippen LogP contribution in [-0.4, -0.2) is 55.8 Å². The first kappa shape index (κ1) is 24.6. The highest BCUT2D eigenvalue weighted by Crippen LogP contribution is 2.34. The molecule has 0 N–H and O–H groups in total. The van der Waals surface area contributed by atoms with Crippen LogP contribution in [-0.2, 0) is 22.9 Å². The molecule has 8 heteroatoms. The second-order valence-electron chi connectivity index (χ2n) is 8.42. The van der Waals surface area contributed by atoms with E-state index in [0.29, 0.717) is 0 Å². The third-order valence-corrected chi connectivity index (χ3v) is 8.30. The Morgan fingerprint density at radius 3 is 2.62 bits per heavy atom. The molecule has 2 aromatic rings. The molecule has 2 unspecified atom stereocenters. The summed E-state index contributed by atoms with van der Waals surface area (Å²) in [5, 5.41) is 0.